The van der Waals surface area contributed by atoms with E-state index in [1.54, 1.807) is 11.3 Å². The van der Waals surface area contributed by atoms with E-state index in [0.717, 1.165) is 22.6 Å². The van der Waals surface area contributed by atoms with Gasteiger partial charge in [0.1, 0.15) is 0 Å². The van der Waals surface area contributed by atoms with Crippen molar-refractivity contribution in [1.82, 2.24) is 20.2 Å². The van der Waals surface area contributed by atoms with Gasteiger partial charge in [-0.25, -0.2) is 4.68 Å². The van der Waals surface area contributed by atoms with Crippen LogP contribution in [-0.4, -0.2) is 32.6 Å². The zero-order valence-corrected chi connectivity index (χ0v) is 17.8. The molecule has 1 amide bonds. The van der Waals surface area contributed by atoms with Crippen LogP contribution < -0.4 is 11.2 Å². The zero-order chi connectivity index (χ0) is 19.3. The second-order valence-electron chi connectivity index (χ2n) is 9.01. The van der Waals surface area contributed by atoms with Crippen LogP contribution in [0.15, 0.2) is 22.7 Å². The van der Waals surface area contributed by atoms with Crippen molar-refractivity contribution >= 4 is 29.0 Å². The van der Waals surface area contributed by atoms with Crippen LogP contribution in [0, 0.1) is 23.2 Å². The molecule has 0 aliphatic heterocycles. The van der Waals surface area contributed by atoms with Crippen molar-refractivity contribution in [3.05, 3.63) is 17.5 Å². The number of carbonyl (C=O) groups is 1. The van der Waals surface area contributed by atoms with Crippen molar-refractivity contribution in [2.45, 2.75) is 56.6 Å². The van der Waals surface area contributed by atoms with Crippen LogP contribution in [0.5, 0.6) is 0 Å². The minimum Gasteiger partial charge on any atom is -0.352 e. The number of nitrogens with zero attached hydrogens (tertiary/aromatic N) is 3. The Balaban J connectivity index is 1.19. The molecule has 6 nitrogen and oxygen atoms in total. The Morgan fingerprint density at radius 2 is 2.00 bits per heavy atom. The molecule has 4 saturated carbocycles. The maximum atomic E-state index is 12.6. The number of thiophene rings is 1. The first-order chi connectivity index (χ1) is 13.5. The number of nitrogens with one attached hydrogen (secondary N) is 1. The highest BCUT2D eigenvalue weighted by Crippen LogP contribution is 2.61. The highest BCUT2D eigenvalue weighted by atomic mass is 32.2. The molecule has 0 saturated heterocycles. The fourth-order valence-corrected chi connectivity index (χ4v) is 7.60. The fourth-order valence-electron chi connectivity index (χ4n) is 6.22. The van der Waals surface area contributed by atoms with Crippen molar-refractivity contribution in [1.29, 1.82) is 0 Å². The van der Waals surface area contributed by atoms with Crippen LogP contribution in [0.4, 0.5) is 0 Å². The Kier molecular flexibility index (Phi) is 4.66. The number of hydrogen-bond acceptors (Lipinski definition) is 6. The van der Waals surface area contributed by atoms with Crippen molar-refractivity contribution < 1.29 is 4.79 Å². The zero-order valence-electron chi connectivity index (χ0n) is 16.1. The molecule has 2 heterocycles. The third-order valence-electron chi connectivity index (χ3n) is 7.12. The van der Waals surface area contributed by atoms with Gasteiger partial charge in [-0.2, -0.15) is 0 Å². The Bertz CT molecular complexity index is 827. The van der Waals surface area contributed by atoms with Gasteiger partial charge in [0.15, 0.2) is 5.82 Å². The van der Waals surface area contributed by atoms with Crippen LogP contribution in [0.2, 0.25) is 0 Å². The SMILES string of the molecule is C[C@H](NC(=O)CSc1nnc(-c2cccs2)n1N)C12CC3CC(CC(C3)C1)C2. The van der Waals surface area contributed by atoms with Crippen LogP contribution in [0.3, 0.4) is 0 Å². The minimum absolute atomic E-state index is 0.0638. The molecule has 4 bridgehead atoms. The maximum absolute atomic E-state index is 12.6. The van der Waals surface area contributed by atoms with Gasteiger partial charge < -0.3 is 11.2 Å². The molecule has 4 aliphatic rings. The normalized spacial score (nSPS) is 31.8. The minimum atomic E-state index is 0.0638. The third kappa shape index (κ3) is 3.24. The number of amides is 1. The fraction of sp³-hybridized carbons (Fsp3) is 0.650. The first kappa shape index (κ1) is 18.5. The summed E-state index contributed by atoms with van der Waals surface area (Å²) in [4.78, 5) is 13.6. The summed E-state index contributed by atoms with van der Waals surface area (Å²) in [6.07, 6.45) is 8.18. The molecule has 150 valence electrons. The molecule has 4 aliphatic carbocycles. The van der Waals surface area contributed by atoms with E-state index in [4.69, 9.17) is 5.84 Å². The third-order valence-corrected chi connectivity index (χ3v) is 8.93. The summed E-state index contributed by atoms with van der Waals surface area (Å²) in [6, 6.07) is 4.17. The van der Waals surface area contributed by atoms with Gasteiger partial charge in [-0.3, -0.25) is 4.79 Å². The molecule has 8 heteroatoms. The lowest BCUT2D eigenvalue weighted by molar-refractivity contribution is -0.123. The van der Waals surface area contributed by atoms with Gasteiger partial charge in [-0.05, 0) is 80.1 Å². The van der Waals surface area contributed by atoms with E-state index < -0.39 is 0 Å². The van der Waals surface area contributed by atoms with E-state index in [1.165, 1.54) is 55.0 Å². The number of nitrogens with two attached hydrogens (primary N) is 1. The monoisotopic (exact) mass is 417 g/mol. The molecule has 1 atom stereocenters. The number of rotatable bonds is 6. The number of aromatic nitrogens is 3. The van der Waals surface area contributed by atoms with Crippen LogP contribution in [0.1, 0.15) is 45.4 Å². The molecule has 0 spiro atoms. The molecular weight excluding hydrogens is 390 g/mol. The number of hydrogen-bond donors (Lipinski definition) is 2. The second-order valence-corrected chi connectivity index (χ2v) is 10.9. The highest BCUT2D eigenvalue weighted by molar-refractivity contribution is 7.99. The van der Waals surface area contributed by atoms with E-state index in [1.807, 2.05) is 17.5 Å². The summed E-state index contributed by atoms with van der Waals surface area (Å²) in [7, 11) is 0. The molecular formula is C20H27N5OS2. The Morgan fingerprint density at radius 1 is 1.32 bits per heavy atom. The molecule has 2 aromatic rings. The van der Waals surface area contributed by atoms with E-state index in [9.17, 15) is 4.79 Å². The predicted molar refractivity (Wildman–Crippen MR) is 112 cm³/mol. The first-order valence-electron chi connectivity index (χ1n) is 10.2. The summed E-state index contributed by atoms with van der Waals surface area (Å²) >= 11 is 2.92. The lowest BCUT2D eigenvalue weighted by atomic mass is 9.48. The smallest absolute Gasteiger partial charge is 0.230 e. The summed E-state index contributed by atoms with van der Waals surface area (Å²) in [5.74, 6) is 9.83. The Hall–Kier alpha value is -1.54. The molecule has 4 fully saturated rings. The predicted octanol–water partition coefficient (Wildman–Crippen LogP) is 3.53. The average molecular weight is 418 g/mol. The van der Waals surface area contributed by atoms with Crippen LogP contribution in [-0.2, 0) is 4.79 Å². The lowest BCUT2D eigenvalue weighted by Gasteiger charge is -2.59. The molecule has 6 rings (SSSR count). The molecule has 3 N–H and O–H groups in total. The summed E-state index contributed by atoms with van der Waals surface area (Å²) in [6.45, 7) is 2.22. The molecule has 0 aromatic carbocycles. The van der Waals surface area contributed by atoms with Crippen LogP contribution >= 0.6 is 23.1 Å². The van der Waals surface area contributed by atoms with Gasteiger partial charge >= 0.3 is 0 Å². The van der Waals surface area contributed by atoms with Crippen molar-refractivity contribution in [2.75, 3.05) is 11.6 Å². The number of carbonyl (C=O) groups excluding carboxylic acids is 1. The first-order valence-corrected chi connectivity index (χ1v) is 12.1. The number of nitrogen functional groups attached to an aromatic ring is 1. The molecule has 2 aromatic heterocycles. The van der Waals surface area contributed by atoms with Gasteiger partial charge in [-0.15, -0.1) is 21.5 Å². The van der Waals surface area contributed by atoms with Crippen molar-refractivity contribution in [3.8, 4) is 10.7 Å². The van der Waals surface area contributed by atoms with Gasteiger partial charge in [0.25, 0.3) is 0 Å². The summed E-state index contributed by atoms with van der Waals surface area (Å²) in [5.41, 5.74) is 0.329. The second kappa shape index (κ2) is 7.06. The van der Waals surface area contributed by atoms with Gasteiger partial charge in [0, 0.05) is 6.04 Å². The molecule has 0 radical (unpaired) electrons. The van der Waals surface area contributed by atoms with E-state index >= 15 is 0 Å². The largest absolute Gasteiger partial charge is 0.352 e. The maximum Gasteiger partial charge on any atom is 0.230 e. The van der Waals surface area contributed by atoms with E-state index in [-0.39, 0.29) is 11.9 Å². The summed E-state index contributed by atoms with van der Waals surface area (Å²) in [5, 5.41) is 14.2. The molecule has 28 heavy (non-hydrogen) atoms. The molecule has 0 unspecified atom stereocenters. The van der Waals surface area contributed by atoms with Gasteiger partial charge in [-0.1, -0.05) is 17.8 Å². The lowest BCUT2D eigenvalue weighted by Crippen LogP contribution is -2.56. The average Bonchev–Trinajstić information content (AvgIpc) is 3.28. The van der Waals surface area contributed by atoms with Crippen molar-refractivity contribution in [3.63, 3.8) is 0 Å². The van der Waals surface area contributed by atoms with Gasteiger partial charge in [0.2, 0.25) is 11.1 Å². The Labute approximate surface area is 173 Å². The van der Waals surface area contributed by atoms with Crippen LogP contribution in [0.25, 0.3) is 10.7 Å². The highest BCUT2D eigenvalue weighted by Gasteiger charge is 2.53. The summed E-state index contributed by atoms with van der Waals surface area (Å²) < 4.78 is 1.48. The topological polar surface area (TPSA) is 85.8 Å². The van der Waals surface area contributed by atoms with E-state index in [0.29, 0.717) is 22.1 Å². The quantitative estimate of drug-likeness (QED) is 0.555. The standard InChI is InChI=1S/C20H27N5OS2/c1-12(20-8-13-5-14(9-20)7-15(6-13)10-20)22-17(26)11-28-19-24-23-18(25(19)21)16-3-2-4-27-16/h2-4,12-15H,5-11,21H2,1H3,(H,22,26)/t12-,13?,14?,15?,20?/m0/s1. The van der Waals surface area contributed by atoms with Gasteiger partial charge in [0.05, 0.1) is 10.6 Å². The van der Waals surface area contributed by atoms with Crippen molar-refractivity contribution in [2.24, 2.45) is 23.2 Å². The van der Waals surface area contributed by atoms with E-state index in [2.05, 4.69) is 22.4 Å². The number of thioether (sulfide) groups is 1. The Morgan fingerprint density at radius 3 is 2.61 bits per heavy atom.